The summed E-state index contributed by atoms with van der Waals surface area (Å²) in [7, 11) is 1.97. The average molecular weight is 212 g/mol. The molecule has 0 saturated carbocycles. The summed E-state index contributed by atoms with van der Waals surface area (Å²) < 4.78 is 7.49. The van der Waals surface area contributed by atoms with Crippen LogP contribution in [0.4, 0.5) is 0 Å². The minimum atomic E-state index is 0.105. The Morgan fingerprint density at radius 1 is 1.60 bits per heavy atom. The zero-order valence-corrected chi connectivity index (χ0v) is 9.60. The highest BCUT2D eigenvalue weighted by atomic mass is 16.5. The Morgan fingerprint density at radius 2 is 2.33 bits per heavy atom. The van der Waals surface area contributed by atoms with E-state index in [1.807, 2.05) is 31.7 Å². The molecule has 3 N–H and O–H groups in total. The molecule has 1 unspecified atom stereocenters. The van der Waals surface area contributed by atoms with Gasteiger partial charge in [0, 0.05) is 25.9 Å². The van der Waals surface area contributed by atoms with Crippen molar-refractivity contribution in [2.45, 2.75) is 32.4 Å². The first-order valence-electron chi connectivity index (χ1n) is 5.17. The Bertz CT molecular complexity index is 285. The highest BCUT2D eigenvalue weighted by Crippen LogP contribution is 2.01. The molecule has 0 aliphatic carbocycles. The normalized spacial score (nSPS) is 13.4. The fourth-order valence-corrected chi connectivity index (χ4v) is 1.29. The van der Waals surface area contributed by atoms with Crippen LogP contribution in [0.25, 0.3) is 0 Å². The number of hydrazine groups is 1. The molecule has 0 aliphatic rings. The number of ether oxygens (including phenoxy) is 1. The van der Waals surface area contributed by atoms with Crippen molar-refractivity contribution in [3.05, 3.63) is 18.2 Å². The summed E-state index contributed by atoms with van der Waals surface area (Å²) >= 11 is 0. The summed E-state index contributed by atoms with van der Waals surface area (Å²) in [5, 5.41) is 0. The van der Waals surface area contributed by atoms with Crippen LogP contribution in [0.5, 0.6) is 0 Å². The van der Waals surface area contributed by atoms with E-state index in [2.05, 4.69) is 10.4 Å². The summed E-state index contributed by atoms with van der Waals surface area (Å²) in [6.07, 6.45) is 4.70. The smallest absolute Gasteiger partial charge is 0.110 e. The van der Waals surface area contributed by atoms with Gasteiger partial charge in [-0.15, -0.1) is 0 Å². The Hall–Kier alpha value is -0.910. The standard InChI is InChI=1S/C10H20N4O/c1-8(2)15-7-9(13-11)6-10-12-4-5-14(10)3/h4-5,8-9,13H,6-7,11H2,1-3H3. The third-order valence-corrected chi connectivity index (χ3v) is 2.22. The van der Waals surface area contributed by atoms with Crippen LogP contribution in [0, 0.1) is 0 Å². The zero-order chi connectivity index (χ0) is 11.3. The van der Waals surface area contributed by atoms with Gasteiger partial charge >= 0.3 is 0 Å². The molecule has 0 spiro atoms. The fraction of sp³-hybridized carbons (Fsp3) is 0.700. The number of nitrogens with zero attached hydrogens (tertiary/aromatic N) is 2. The molecule has 1 aromatic heterocycles. The quantitative estimate of drug-likeness (QED) is 0.523. The predicted octanol–water partition coefficient (Wildman–Crippen LogP) is 0.220. The van der Waals surface area contributed by atoms with E-state index in [4.69, 9.17) is 10.6 Å². The van der Waals surface area contributed by atoms with Gasteiger partial charge in [0.1, 0.15) is 5.82 Å². The van der Waals surface area contributed by atoms with Gasteiger partial charge in [-0.25, -0.2) is 4.98 Å². The lowest BCUT2D eigenvalue weighted by molar-refractivity contribution is 0.0608. The number of aromatic nitrogens is 2. The van der Waals surface area contributed by atoms with Crippen LogP contribution < -0.4 is 11.3 Å². The van der Waals surface area contributed by atoms with Gasteiger partial charge in [0.15, 0.2) is 0 Å². The monoisotopic (exact) mass is 212 g/mol. The van der Waals surface area contributed by atoms with Crippen LogP contribution in [-0.4, -0.2) is 28.3 Å². The Balaban J connectivity index is 2.43. The Labute approximate surface area is 90.6 Å². The van der Waals surface area contributed by atoms with Crippen molar-refractivity contribution < 1.29 is 4.74 Å². The molecule has 0 amide bonds. The maximum atomic E-state index is 5.50. The Kier molecular flexibility index (Phi) is 4.74. The lowest BCUT2D eigenvalue weighted by Crippen LogP contribution is -2.41. The maximum absolute atomic E-state index is 5.50. The molecule has 5 heteroatoms. The predicted molar refractivity (Wildman–Crippen MR) is 59.1 cm³/mol. The van der Waals surface area contributed by atoms with E-state index in [0.717, 1.165) is 12.2 Å². The third kappa shape index (κ3) is 3.99. The van der Waals surface area contributed by atoms with E-state index in [1.165, 1.54) is 0 Å². The summed E-state index contributed by atoms with van der Waals surface area (Å²) in [4.78, 5) is 4.24. The molecule has 5 nitrogen and oxygen atoms in total. The van der Waals surface area contributed by atoms with Crippen molar-refractivity contribution in [3.8, 4) is 0 Å². The minimum Gasteiger partial charge on any atom is -0.377 e. The second-order valence-electron chi connectivity index (χ2n) is 3.90. The minimum absolute atomic E-state index is 0.105. The molecule has 0 fully saturated rings. The molecule has 0 radical (unpaired) electrons. The van der Waals surface area contributed by atoms with Gasteiger partial charge in [0.2, 0.25) is 0 Å². The van der Waals surface area contributed by atoms with Gasteiger partial charge < -0.3 is 9.30 Å². The molecule has 86 valence electrons. The molecule has 0 aromatic carbocycles. The van der Waals surface area contributed by atoms with Gasteiger partial charge in [-0.1, -0.05) is 0 Å². The first kappa shape index (κ1) is 12.2. The van der Waals surface area contributed by atoms with Gasteiger partial charge in [-0.05, 0) is 13.8 Å². The van der Waals surface area contributed by atoms with Crippen LogP contribution >= 0.6 is 0 Å². The van der Waals surface area contributed by atoms with Crippen LogP contribution in [0.15, 0.2) is 12.4 Å². The Morgan fingerprint density at radius 3 is 2.80 bits per heavy atom. The number of hydrogen-bond donors (Lipinski definition) is 2. The van der Waals surface area contributed by atoms with E-state index < -0.39 is 0 Å². The first-order valence-corrected chi connectivity index (χ1v) is 5.17. The molecule has 1 heterocycles. The molecule has 0 bridgehead atoms. The van der Waals surface area contributed by atoms with E-state index in [9.17, 15) is 0 Å². The van der Waals surface area contributed by atoms with E-state index in [-0.39, 0.29) is 12.1 Å². The molecule has 0 saturated heterocycles. The highest BCUT2D eigenvalue weighted by molar-refractivity contribution is 4.94. The third-order valence-electron chi connectivity index (χ3n) is 2.22. The van der Waals surface area contributed by atoms with Crippen LogP contribution in [0.2, 0.25) is 0 Å². The molecule has 1 rings (SSSR count). The van der Waals surface area contributed by atoms with Crippen molar-refractivity contribution >= 4 is 0 Å². The van der Waals surface area contributed by atoms with E-state index in [0.29, 0.717) is 6.61 Å². The average Bonchev–Trinajstić information content (AvgIpc) is 2.58. The molecule has 0 aliphatic heterocycles. The summed E-state index contributed by atoms with van der Waals surface area (Å²) in [5.41, 5.74) is 2.74. The molecule has 1 aromatic rings. The van der Waals surface area contributed by atoms with Gasteiger partial charge in [0.05, 0.1) is 18.8 Å². The number of aryl methyl sites for hydroxylation is 1. The van der Waals surface area contributed by atoms with Crippen molar-refractivity contribution in [3.63, 3.8) is 0 Å². The summed E-state index contributed by atoms with van der Waals surface area (Å²) in [5.74, 6) is 6.46. The lowest BCUT2D eigenvalue weighted by Gasteiger charge is -2.17. The van der Waals surface area contributed by atoms with Crippen molar-refractivity contribution in [1.29, 1.82) is 0 Å². The van der Waals surface area contributed by atoms with Crippen LogP contribution in [0.3, 0.4) is 0 Å². The second kappa shape index (κ2) is 5.85. The molecule has 15 heavy (non-hydrogen) atoms. The second-order valence-corrected chi connectivity index (χ2v) is 3.90. The van der Waals surface area contributed by atoms with Gasteiger partial charge in [0.25, 0.3) is 0 Å². The number of imidazole rings is 1. The topological polar surface area (TPSA) is 65.1 Å². The largest absolute Gasteiger partial charge is 0.377 e. The zero-order valence-electron chi connectivity index (χ0n) is 9.60. The number of hydrogen-bond acceptors (Lipinski definition) is 4. The highest BCUT2D eigenvalue weighted by Gasteiger charge is 2.11. The summed E-state index contributed by atoms with van der Waals surface area (Å²) in [6, 6.07) is 0.105. The van der Waals surface area contributed by atoms with Crippen molar-refractivity contribution in [1.82, 2.24) is 15.0 Å². The number of nitrogens with two attached hydrogens (primary N) is 1. The summed E-state index contributed by atoms with van der Waals surface area (Å²) in [6.45, 7) is 4.61. The number of nitrogens with one attached hydrogen (secondary N) is 1. The fourth-order valence-electron chi connectivity index (χ4n) is 1.29. The van der Waals surface area contributed by atoms with Crippen LogP contribution in [0.1, 0.15) is 19.7 Å². The first-order chi connectivity index (χ1) is 7.13. The van der Waals surface area contributed by atoms with Gasteiger partial charge in [-0.3, -0.25) is 11.3 Å². The van der Waals surface area contributed by atoms with Crippen molar-refractivity contribution in [2.75, 3.05) is 6.61 Å². The van der Waals surface area contributed by atoms with Crippen molar-refractivity contribution in [2.24, 2.45) is 12.9 Å². The van der Waals surface area contributed by atoms with E-state index in [1.54, 1.807) is 6.20 Å². The van der Waals surface area contributed by atoms with Gasteiger partial charge in [-0.2, -0.15) is 0 Å². The van der Waals surface area contributed by atoms with E-state index >= 15 is 0 Å². The number of rotatable bonds is 6. The lowest BCUT2D eigenvalue weighted by atomic mass is 10.2. The van der Waals surface area contributed by atoms with Crippen LogP contribution in [-0.2, 0) is 18.2 Å². The molecular formula is C10H20N4O. The molecule has 1 atom stereocenters. The SMILES string of the molecule is CC(C)OCC(Cc1nccn1C)NN. The maximum Gasteiger partial charge on any atom is 0.110 e. The molecular weight excluding hydrogens is 192 g/mol.